The molecule has 0 spiro atoms. The number of aliphatic imine (C=N–C) groups is 1. The SMILES string of the molecule is CCCCN1C(=O)/C(=C2/Sc3ccccc3N2CC)SC1=Nc1ccc(Cl)cc1. The molecule has 4 nitrogen and oxygen atoms in total. The van der Waals surface area contributed by atoms with Crippen LogP contribution in [-0.4, -0.2) is 29.1 Å². The van der Waals surface area contributed by atoms with E-state index in [0.717, 1.165) is 40.2 Å². The summed E-state index contributed by atoms with van der Waals surface area (Å²) in [5, 5.41) is 2.42. The minimum absolute atomic E-state index is 0.0462. The Bertz CT molecular complexity index is 988. The molecule has 0 saturated carbocycles. The van der Waals surface area contributed by atoms with E-state index in [1.165, 1.54) is 22.3 Å². The molecule has 1 saturated heterocycles. The van der Waals surface area contributed by atoms with Crippen LogP contribution in [0.5, 0.6) is 0 Å². The fraction of sp³-hybridized carbons (Fsp3) is 0.273. The Balaban J connectivity index is 1.73. The molecule has 0 unspecified atom stereocenters. The van der Waals surface area contributed by atoms with Crippen LogP contribution in [0.3, 0.4) is 0 Å². The average molecular weight is 444 g/mol. The quantitative estimate of drug-likeness (QED) is 0.494. The molecular weight excluding hydrogens is 422 g/mol. The summed E-state index contributed by atoms with van der Waals surface area (Å²) in [6, 6.07) is 15.7. The highest BCUT2D eigenvalue weighted by atomic mass is 35.5. The number of nitrogens with zero attached hydrogens (tertiary/aromatic N) is 3. The van der Waals surface area contributed by atoms with Crippen LogP contribution in [0.15, 0.2) is 68.4 Å². The van der Waals surface area contributed by atoms with E-state index in [9.17, 15) is 4.79 Å². The maximum Gasteiger partial charge on any atom is 0.269 e. The van der Waals surface area contributed by atoms with Crippen molar-refractivity contribution in [1.29, 1.82) is 0 Å². The predicted molar refractivity (Wildman–Crippen MR) is 125 cm³/mol. The summed E-state index contributed by atoms with van der Waals surface area (Å²) < 4.78 is 0. The van der Waals surface area contributed by atoms with E-state index in [4.69, 9.17) is 16.6 Å². The highest BCUT2D eigenvalue weighted by Crippen LogP contribution is 2.50. The molecule has 1 fully saturated rings. The molecule has 7 heteroatoms. The number of thioether (sulfide) groups is 2. The van der Waals surface area contributed by atoms with Gasteiger partial charge in [0.25, 0.3) is 5.91 Å². The third-order valence-corrected chi connectivity index (χ3v) is 7.40. The van der Waals surface area contributed by atoms with Crippen LogP contribution in [0.2, 0.25) is 5.02 Å². The number of para-hydroxylation sites is 1. The van der Waals surface area contributed by atoms with Crippen LogP contribution in [-0.2, 0) is 4.79 Å². The van der Waals surface area contributed by atoms with Crippen molar-refractivity contribution in [2.75, 3.05) is 18.0 Å². The topological polar surface area (TPSA) is 35.9 Å². The van der Waals surface area contributed by atoms with Gasteiger partial charge in [-0.05, 0) is 61.5 Å². The zero-order valence-electron chi connectivity index (χ0n) is 16.4. The second-order valence-electron chi connectivity index (χ2n) is 6.73. The average Bonchev–Trinajstić information content (AvgIpc) is 3.25. The second-order valence-corrected chi connectivity index (χ2v) is 9.18. The van der Waals surface area contributed by atoms with Crippen LogP contribution in [0.25, 0.3) is 0 Å². The molecule has 2 aromatic carbocycles. The van der Waals surface area contributed by atoms with Crippen molar-refractivity contribution in [2.45, 2.75) is 31.6 Å². The largest absolute Gasteiger partial charge is 0.334 e. The Hall–Kier alpha value is -1.89. The number of anilines is 1. The lowest BCUT2D eigenvalue weighted by molar-refractivity contribution is -0.122. The van der Waals surface area contributed by atoms with E-state index in [1.807, 2.05) is 41.3 Å². The number of amidine groups is 1. The first-order valence-corrected chi connectivity index (χ1v) is 11.8. The Morgan fingerprint density at radius 2 is 1.76 bits per heavy atom. The Kier molecular flexibility index (Phi) is 6.23. The van der Waals surface area contributed by atoms with Gasteiger partial charge in [-0.3, -0.25) is 9.69 Å². The number of carbonyl (C=O) groups excluding carboxylic acids is 1. The summed E-state index contributed by atoms with van der Waals surface area (Å²) in [6.45, 7) is 5.74. The number of fused-ring (bicyclic) bond motifs is 1. The van der Waals surface area contributed by atoms with Gasteiger partial charge in [0.1, 0.15) is 9.93 Å². The molecule has 0 radical (unpaired) electrons. The first-order valence-electron chi connectivity index (χ1n) is 9.75. The number of carbonyl (C=O) groups is 1. The molecule has 150 valence electrons. The fourth-order valence-corrected chi connectivity index (χ4v) is 5.82. The Labute approximate surface area is 185 Å². The zero-order valence-corrected chi connectivity index (χ0v) is 18.8. The van der Waals surface area contributed by atoms with E-state index < -0.39 is 0 Å². The minimum atomic E-state index is 0.0462. The lowest BCUT2D eigenvalue weighted by Gasteiger charge is -2.19. The van der Waals surface area contributed by atoms with Gasteiger partial charge in [-0.2, -0.15) is 0 Å². The molecule has 2 aliphatic heterocycles. The molecule has 0 aromatic heterocycles. The van der Waals surface area contributed by atoms with Gasteiger partial charge in [-0.25, -0.2) is 4.99 Å². The number of hydrogen-bond donors (Lipinski definition) is 0. The predicted octanol–water partition coefficient (Wildman–Crippen LogP) is 6.50. The maximum atomic E-state index is 13.4. The van der Waals surface area contributed by atoms with Crippen molar-refractivity contribution >= 4 is 57.6 Å². The third-order valence-electron chi connectivity index (χ3n) is 4.77. The number of hydrogen-bond acceptors (Lipinski definition) is 5. The number of rotatable bonds is 5. The zero-order chi connectivity index (χ0) is 20.4. The van der Waals surface area contributed by atoms with Crippen LogP contribution in [0, 0.1) is 0 Å². The van der Waals surface area contributed by atoms with Gasteiger partial charge < -0.3 is 4.90 Å². The third kappa shape index (κ3) is 4.06. The highest BCUT2D eigenvalue weighted by molar-refractivity contribution is 8.19. The Morgan fingerprint density at radius 1 is 1.00 bits per heavy atom. The van der Waals surface area contributed by atoms with Crippen molar-refractivity contribution in [2.24, 2.45) is 4.99 Å². The summed E-state index contributed by atoms with van der Waals surface area (Å²) in [7, 11) is 0. The summed E-state index contributed by atoms with van der Waals surface area (Å²) in [5.41, 5.74) is 1.96. The van der Waals surface area contributed by atoms with Crippen molar-refractivity contribution < 1.29 is 4.79 Å². The van der Waals surface area contributed by atoms with Gasteiger partial charge in [-0.15, -0.1) is 0 Å². The van der Waals surface area contributed by atoms with Crippen LogP contribution >= 0.6 is 35.1 Å². The molecule has 2 heterocycles. The highest BCUT2D eigenvalue weighted by Gasteiger charge is 2.39. The van der Waals surface area contributed by atoms with E-state index in [1.54, 1.807) is 11.8 Å². The van der Waals surface area contributed by atoms with Crippen LogP contribution < -0.4 is 4.90 Å². The Morgan fingerprint density at radius 3 is 2.48 bits per heavy atom. The number of amides is 1. The van der Waals surface area contributed by atoms with Crippen molar-refractivity contribution in [3.8, 4) is 0 Å². The van der Waals surface area contributed by atoms with E-state index in [0.29, 0.717) is 11.6 Å². The summed E-state index contributed by atoms with van der Waals surface area (Å²) in [4.78, 5) is 24.1. The molecule has 4 rings (SSSR count). The second kappa shape index (κ2) is 8.86. The first kappa shape index (κ1) is 20.4. The summed E-state index contributed by atoms with van der Waals surface area (Å²) in [5.74, 6) is 0.0462. The fourth-order valence-electron chi connectivity index (χ4n) is 3.28. The van der Waals surface area contributed by atoms with E-state index in [-0.39, 0.29) is 5.91 Å². The van der Waals surface area contributed by atoms with Gasteiger partial charge in [0.15, 0.2) is 5.17 Å². The molecule has 2 aromatic rings. The summed E-state index contributed by atoms with van der Waals surface area (Å²) >= 11 is 9.14. The lowest BCUT2D eigenvalue weighted by atomic mass is 10.3. The molecule has 0 atom stereocenters. The summed E-state index contributed by atoms with van der Waals surface area (Å²) in [6.07, 6.45) is 1.97. The van der Waals surface area contributed by atoms with Crippen molar-refractivity contribution in [1.82, 2.24) is 4.90 Å². The molecular formula is C22H22ClN3OS2. The standard InChI is InChI=1S/C22H22ClN3OS2/c1-3-5-14-26-20(27)19(29-22(26)24-16-12-10-15(23)11-13-16)21-25(4-2)17-8-6-7-9-18(17)28-21/h6-13H,3-5,14H2,1-2H3/b21-19-,24-22?. The van der Waals surface area contributed by atoms with E-state index >= 15 is 0 Å². The van der Waals surface area contributed by atoms with Gasteiger partial charge >= 0.3 is 0 Å². The first-order chi connectivity index (χ1) is 14.1. The van der Waals surface area contributed by atoms with Crippen molar-refractivity contribution in [3.05, 3.63) is 63.5 Å². The van der Waals surface area contributed by atoms with Gasteiger partial charge in [-0.1, -0.05) is 48.8 Å². The smallest absolute Gasteiger partial charge is 0.269 e. The molecule has 0 aliphatic carbocycles. The molecule has 0 N–H and O–H groups in total. The normalized spacial score (nSPS) is 20.1. The molecule has 0 bridgehead atoms. The molecule has 2 aliphatic rings. The van der Waals surface area contributed by atoms with Gasteiger partial charge in [0.2, 0.25) is 0 Å². The lowest BCUT2D eigenvalue weighted by Crippen LogP contribution is -2.30. The van der Waals surface area contributed by atoms with Crippen LogP contribution in [0.4, 0.5) is 11.4 Å². The van der Waals surface area contributed by atoms with E-state index in [2.05, 4.69) is 30.9 Å². The maximum absolute atomic E-state index is 13.4. The molecule has 29 heavy (non-hydrogen) atoms. The van der Waals surface area contributed by atoms with Gasteiger partial charge in [0.05, 0.1) is 11.4 Å². The number of halogens is 1. The minimum Gasteiger partial charge on any atom is -0.334 e. The molecule has 1 amide bonds. The number of benzene rings is 2. The van der Waals surface area contributed by atoms with Crippen molar-refractivity contribution in [3.63, 3.8) is 0 Å². The van der Waals surface area contributed by atoms with Crippen LogP contribution in [0.1, 0.15) is 26.7 Å². The van der Waals surface area contributed by atoms with Gasteiger partial charge in [0, 0.05) is 23.0 Å². The number of unbranched alkanes of at least 4 members (excludes halogenated alkanes) is 1. The monoisotopic (exact) mass is 443 g/mol.